The number of anilines is 1. The molecule has 180 valence electrons. The summed E-state index contributed by atoms with van der Waals surface area (Å²) in [6.07, 6.45) is 2.52. The highest BCUT2D eigenvalue weighted by molar-refractivity contribution is 5.95. The lowest BCUT2D eigenvalue weighted by molar-refractivity contribution is -0.134. The molecule has 5 rings (SSSR count). The van der Waals surface area contributed by atoms with Crippen LogP contribution in [0.3, 0.4) is 0 Å². The predicted octanol–water partition coefficient (Wildman–Crippen LogP) is 3.41. The molecule has 1 aliphatic heterocycles. The molecular formula is C27H29N5O3. The van der Waals surface area contributed by atoms with Crippen LogP contribution in [0.1, 0.15) is 43.4 Å². The molecule has 8 heteroatoms. The molecule has 0 radical (unpaired) electrons. The highest BCUT2D eigenvalue weighted by atomic mass is 16.5. The first-order chi connectivity index (χ1) is 17.0. The Morgan fingerprint density at radius 2 is 2.06 bits per heavy atom. The van der Waals surface area contributed by atoms with Gasteiger partial charge in [-0.05, 0) is 43.5 Å². The third kappa shape index (κ3) is 4.52. The number of pyridine rings is 2. The molecule has 1 atom stereocenters. The van der Waals surface area contributed by atoms with Crippen molar-refractivity contribution in [2.75, 3.05) is 38.3 Å². The number of benzene rings is 1. The smallest absolute Gasteiger partial charge is 0.248 e. The monoisotopic (exact) mass is 471 g/mol. The predicted molar refractivity (Wildman–Crippen MR) is 134 cm³/mol. The molecule has 8 nitrogen and oxygen atoms in total. The zero-order valence-corrected chi connectivity index (χ0v) is 20.1. The van der Waals surface area contributed by atoms with E-state index < -0.39 is 0 Å². The second-order valence-corrected chi connectivity index (χ2v) is 9.39. The normalized spacial score (nSPS) is 18.0. The van der Waals surface area contributed by atoms with E-state index in [1.54, 1.807) is 7.11 Å². The van der Waals surface area contributed by atoms with Gasteiger partial charge in [-0.2, -0.15) is 5.26 Å². The van der Waals surface area contributed by atoms with Crippen molar-refractivity contribution in [1.82, 2.24) is 14.9 Å². The maximum Gasteiger partial charge on any atom is 0.248 e. The molecule has 1 amide bonds. The number of methoxy groups -OCH3 is 1. The van der Waals surface area contributed by atoms with Crippen LogP contribution in [-0.2, 0) is 9.53 Å². The maximum absolute atomic E-state index is 12.6. The number of piperazine rings is 1. The van der Waals surface area contributed by atoms with Crippen molar-refractivity contribution < 1.29 is 9.53 Å². The quantitative estimate of drug-likeness (QED) is 0.591. The molecule has 0 spiro atoms. The van der Waals surface area contributed by atoms with E-state index in [2.05, 4.69) is 16.0 Å². The molecular weight excluding hydrogens is 442 g/mol. The van der Waals surface area contributed by atoms with Crippen LogP contribution < -0.4 is 10.5 Å². The van der Waals surface area contributed by atoms with Crippen molar-refractivity contribution in [3.63, 3.8) is 0 Å². The van der Waals surface area contributed by atoms with Gasteiger partial charge in [-0.3, -0.25) is 9.59 Å². The Hall–Kier alpha value is -3.70. The Balaban J connectivity index is 1.52. The summed E-state index contributed by atoms with van der Waals surface area (Å²) >= 11 is 0. The first kappa shape index (κ1) is 23.1. The van der Waals surface area contributed by atoms with Crippen LogP contribution in [0.15, 0.2) is 41.2 Å². The van der Waals surface area contributed by atoms with E-state index in [1.807, 2.05) is 42.2 Å². The number of nitrogens with one attached hydrogen (secondary N) is 1. The fourth-order valence-electron chi connectivity index (χ4n) is 5.00. The minimum absolute atomic E-state index is 0.0143. The van der Waals surface area contributed by atoms with E-state index >= 15 is 0 Å². The van der Waals surface area contributed by atoms with E-state index in [0.717, 1.165) is 40.6 Å². The number of amides is 1. The molecule has 2 aliphatic rings. The molecule has 1 saturated heterocycles. The number of ether oxygens (including phenoxy) is 1. The standard InChI is InChI=1S/C27H29N5O3/c1-17-16-31(11-12-32(17)25(34)10-13-35-2)27-19(15-28)14-22(26(30-27)18-6-7-18)20-4-3-5-23-21(20)8-9-24(33)29-23/h3-5,8-9,14,17-18H,6-7,10-13,16H2,1-2H3,(H,29,33). The van der Waals surface area contributed by atoms with Gasteiger partial charge in [0.25, 0.3) is 0 Å². The summed E-state index contributed by atoms with van der Waals surface area (Å²) in [6, 6.07) is 13.5. The molecule has 2 fully saturated rings. The molecule has 1 aliphatic carbocycles. The molecule has 2 aromatic heterocycles. The first-order valence-electron chi connectivity index (χ1n) is 12.1. The van der Waals surface area contributed by atoms with Crippen LogP contribution in [0.4, 0.5) is 5.82 Å². The van der Waals surface area contributed by atoms with Crippen LogP contribution in [0.2, 0.25) is 0 Å². The van der Waals surface area contributed by atoms with Gasteiger partial charge in [0.2, 0.25) is 11.5 Å². The number of H-pyrrole nitrogens is 1. The van der Waals surface area contributed by atoms with E-state index in [0.29, 0.717) is 50.0 Å². The summed E-state index contributed by atoms with van der Waals surface area (Å²) in [7, 11) is 1.60. The third-order valence-corrected chi connectivity index (χ3v) is 6.94. The number of hydrogen-bond acceptors (Lipinski definition) is 6. The number of nitrogens with zero attached hydrogens (tertiary/aromatic N) is 4. The van der Waals surface area contributed by atoms with Crippen LogP contribution in [0.5, 0.6) is 0 Å². The first-order valence-corrected chi connectivity index (χ1v) is 12.1. The molecule has 1 aromatic carbocycles. The Kier molecular flexibility index (Phi) is 6.27. The number of rotatable bonds is 6. The van der Waals surface area contributed by atoms with Gasteiger partial charge in [-0.15, -0.1) is 0 Å². The summed E-state index contributed by atoms with van der Waals surface area (Å²) in [4.78, 5) is 36.4. The minimum Gasteiger partial charge on any atom is -0.384 e. The van der Waals surface area contributed by atoms with Crippen LogP contribution >= 0.6 is 0 Å². The van der Waals surface area contributed by atoms with Crippen LogP contribution in [0, 0.1) is 11.3 Å². The third-order valence-electron chi connectivity index (χ3n) is 6.94. The van der Waals surface area contributed by atoms with Crippen LogP contribution in [0.25, 0.3) is 22.0 Å². The van der Waals surface area contributed by atoms with Crippen molar-refractivity contribution in [2.24, 2.45) is 0 Å². The summed E-state index contributed by atoms with van der Waals surface area (Å²) in [5.74, 6) is 1.15. The average Bonchev–Trinajstić information content (AvgIpc) is 3.71. The average molecular weight is 472 g/mol. The van der Waals surface area contributed by atoms with Gasteiger partial charge in [-0.1, -0.05) is 12.1 Å². The molecule has 3 heterocycles. The number of fused-ring (bicyclic) bond motifs is 1. The molecule has 35 heavy (non-hydrogen) atoms. The Labute approximate surface area is 204 Å². The number of hydrogen-bond donors (Lipinski definition) is 1. The summed E-state index contributed by atoms with van der Waals surface area (Å²) < 4.78 is 5.06. The second kappa shape index (κ2) is 9.51. The molecule has 1 N–H and O–H groups in total. The SMILES string of the molecule is COCCC(=O)N1CCN(c2nc(C3CC3)c(-c3cccc4[nH]c(=O)ccc34)cc2C#N)CC1C. The molecule has 1 unspecified atom stereocenters. The lowest BCUT2D eigenvalue weighted by Crippen LogP contribution is -2.54. The molecule has 1 saturated carbocycles. The summed E-state index contributed by atoms with van der Waals surface area (Å²) in [5.41, 5.74) is 4.07. The number of nitriles is 1. The largest absolute Gasteiger partial charge is 0.384 e. The van der Waals surface area contributed by atoms with Crippen molar-refractivity contribution >= 4 is 22.6 Å². The van der Waals surface area contributed by atoms with Crippen molar-refractivity contribution in [2.45, 2.75) is 38.1 Å². The van der Waals surface area contributed by atoms with E-state index in [-0.39, 0.29) is 17.5 Å². The van der Waals surface area contributed by atoms with Gasteiger partial charge in [-0.25, -0.2) is 4.98 Å². The lowest BCUT2D eigenvalue weighted by atomic mass is 9.95. The van der Waals surface area contributed by atoms with Gasteiger partial charge in [0.15, 0.2) is 0 Å². The van der Waals surface area contributed by atoms with Gasteiger partial charge in [0.1, 0.15) is 11.9 Å². The molecule has 3 aromatic rings. The van der Waals surface area contributed by atoms with Gasteiger partial charge < -0.3 is 19.5 Å². The van der Waals surface area contributed by atoms with Gasteiger partial charge in [0.05, 0.1) is 24.3 Å². The fraction of sp³-hybridized carbons (Fsp3) is 0.407. The highest BCUT2D eigenvalue weighted by Crippen LogP contribution is 2.46. The number of carbonyl (C=O) groups is 1. The second-order valence-electron chi connectivity index (χ2n) is 9.39. The topological polar surface area (TPSA) is 102 Å². The minimum atomic E-state index is -0.141. The van der Waals surface area contributed by atoms with Gasteiger partial charge >= 0.3 is 0 Å². The zero-order chi connectivity index (χ0) is 24.5. The summed E-state index contributed by atoms with van der Waals surface area (Å²) in [6.45, 7) is 4.30. The molecule has 0 bridgehead atoms. The number of aromatic nitrogens is 2. The maximum atomic E-state index is 12.6. The zero-order valence-electron chi connectivity index (χ0n) is 20.1. The Morgan fingerprint density at radius 1 is 1.23 bits per heavy atom. The number of carbonyl (C=O) groups excluding carboxylic acids is 1. The van der Waals surface area contributed by atoms with Gasteiger partial charge in [0, 0.05) is 61.2 Å². The Bertz CT molecular complexity index is 1370. The number of aromatic amines is 1. The van der Waals surface area contributed by atoms with E-state index in [9.17, 15) is 14.9 Å². The van der Waals surface area contributed by atoms with Crippen LogP contribution in [-0.4, -0.2) is 60.2 Å². The van der Waals surface area contributed by atoms with E-state index in [1.165, 1.54) is 6.07 Å². The van der Waals surface area contributed by atoms with E-state index in [4.69, 9.17) is 9.72 Å². The fourth-order valence-corrected chi connectivity index (χ4v) is 5.00. The lowest BCUT2D eigenvalue weighted by Gasteiger charge is -2.41. The van der Waals surface area contributed by atoms with Crippen molar-refractivity contribution in [1.29, 1.82) is 5.26 Å². The summed E-state index contributed by atoms with van der Waals surface area (Å²) in [5, 5.41) is 11.0. The highest BCUT2D eigenvalue weighted by Gasteiger charge is 2.33. The Morgan fingerprint density at radius 3 is 2.77 bits per heavy atom. The van der Waals surface area contributed by atoms with Crippen molar-refractivity contribution in [3.8, 4) is 17.2 Å². The van der Waals surface area contributed by atoms with Crippen molar-refractivity contribution in [3.05, 3.63) is 58.0 Å².